The molecule has 3 saturated carbocycles. The minimum atomic E-state index is -0.800. The van der Waals surface area contributed by atoms with Crippen LogP contribution in [0.25, 0.3) is 0 Å². The van der Waals surface area contributed by atoms with Gasteiger partial charge in [0, 0.05) is 18.4 Å². The third-order valence-electron chi connectivity index (χ3n) is 14.1. The van der Waals surface area contributed by atoms with Crippen LogP contribution >= 0.6 is 0 Å². The maximum atomic E-state index is 11.9. The lowest BCUT2D eigenvalue weighted by molar-refractivity contribution is -0.167. The zero-order valence-corrected chi connectivity index (χ0v) is 30.5. The first-order valence-electron chi connectivity index (χ1n) is 17.8. The lowest BCUT2D eigenvalue weighted by atomic mass is 9.43. The number of hydrogen-bond acceptors (Lipinski definition) is 3. The summed E-state index contributed by atoms with van der Waals surface area (Å²) >= 11 is 0. The highest BCUT2D eigenvalue weighted by Gasteiger charge is 2.63. The summed E-state index contributed by atoms with van der Waals surface area (Å²) in [6.07, 6.45) is 14.7. The standard InChI is InChI=1S/C38H65O3Si/c1-24(2)42(34(5,6)7)41-31-23-27(31)14-13-25(3)28-17-21-38(12)30-15-16-32-35(8,9)33(40-26(4)39)19-20-36(32,10)29(30)18-22-37(28,38)11/h24-25,27-28,31-33H,13-23H2,1-12H3/t25-,27?,28-,31?,32+,33+,36-,37-,38+/m1/s1. The molecular formula is C38H65O3Si. The Labute approximate surface area is 261 Å². The largest absolute Gasteiger partial charge is 0.462 e. The fourth-order valence-electron chi connectivity index (χ4n) is 11.7. The molecule has 5 aliphatic carbocycles. The first-order chi connectivity index (χ1) is 19.4. The molecule has 1 radical (unpaired) electrons. The minimum Gasteiger partial charge on any atom is -0.462 e. The molecule has 0 bridgehead atoms. The predicted molar refractivity (Wildman–Crippen MR) is 177 cm³/mol. The third kappa shape index (κ3) is 5.33. The molecule has 0 amide bonds. The summed E-state index contributed by atoms with van der Waals surface area (Å²) in [7, 11) is -0.800. The summed E-state index contributed by atoms with van der Waals surface area (Å²) < 4.78 is 12.7. The van der Waals surface area contributed by atoms with Crippen molar-refractivity contribution in [3.8, 4) is 0 Å². The monoisotopic (exact) mass is 597 g/mol. The summed E-state index contributed by atoms with van der Waals surface area (Å²) in [5, 5.41) is 0.310. The highest BCUT2D eigenvalue weighted by molar-refractivity contribution is 6.56. The van der Waals surface area contributed by atoms with Crippen molar-refractivity contribution in [3.63, 3.8) is 0 Å². The van der Waals surface area contributed by atoms with Crippen molar-refractivity contribution in [1.29, 1.82) is 0 Å². The van der Waals surface area contributed by atoms with Crippen LogP contribution in [-0.4, -0.2) is 27.2 Å². The van der Waals surface area contributed by atoms with Gasteiger partial charge in [0.2, 0.25) is 9.04 Å². The second-order valence-corrected chi connectivity index (χ2v) is 21.9. The molecule has 9 atom stereocenters. The molecule has 5 rings (SSSR count). The van der Waals surface area contributed by atoms with Crippen molar-refractivity contribution in [3.05, 3.63) is 11.1 Å². The average molecular weight is 598 g/mol. The van der Waals surface area contributed by atoms with Gasteiger partial charge in [-0.15, -0.1) is 0 Å². The maximum Gasteiger partial charge on any atom is 0.302 e. The van der Waals surface area contributed by atoms with E-state index in [9.17, 15) is 4.79 Å². The van der Waals surface area contributed by atoms with E-state index < -0.39 is 9.04 Å². The number of ether oxygens (including phenoxy) is 1. The summed E-state index contributed by atoms with van der Waals surface area (Å²) in [6.45, 7) is 28.8. The minimum absolute atomic E-state index is 0.0276. The molecule has 5 aliphatic rings. The molecule has 0 spiro atoms. The molecule has 239 valence electrons. The number of esters is 1. The van der Waals surface area contributed by atoms with Gasteiger partial charge < -0.3 is 9.16 Å². The van der Waals surface area contributed by atoms with Crippen LogP contribution in [0, 0.1) is 45.3 Å². The van der Waals surface area contributed by atoms with E-state index in [1.54, 1.807) is 6.92 Å². The van der Waals surface area contributed by atoms with Crippen LogP contribution in [0.4, 0.5) is 0 Å². The Hall–Kier alpha value is -0.613. The Morgan fingerprint density at radius 2 is 1.64 bits per heavy atom. The number of rotatable bonds is 8. The average Bonchev–Trinajstić information content (AvgIpc) is 3.56. The van der Waals surface area contributed by atoms with Crippen molar-refractivity contribution in [2.45, 2.75) is 177 Å². The van der Waals surface area contributed by atoms with Gasteiger partial charge in [0.15, 0.2) is 0 Å². The van der Waals surface area contributed by atoms with Gasteiger partial charge in [0.25, 0.3) is 0 Å². The van der Waals surface area contributed by atoms with E-state index in [0.29, 0.717) is 33.4 Å². The maximum absolute atomic E-state index is 11.9. The van der Waals surface area contributed by atoms with Crippen LogP contribution in [0.1, 0.15) is 154 Å². The molecule has 0 aromatic rings. The van der Waals surface area contributed by atoms with Gasteiger partial charge in [-0.05, 0) is 115 Å². The number of hydrogen-bond donors (Lipinski definition) is 0. The quantitative estimate of drug-likeness (QED) is 0.159. The Morgan fingerprint density at radius 3 is 2.26 bits per heavy atom. The summed E-state index contributed by atoms with van der Waals surface area (Å²) in [5.74, 6) is 2.91. The topological polar surface area (TPSA) is 35.5 Å². The SMILES string of the molecule is CC(=O)O[C@H]1CC[C@]2(C)C3=C(CC[C@H]2C1(C)C)[C@]1(C)CC[C@H]([C@H](C)CCC2CC2O[Si](C(C)C)C(C)(C)C)[C@@]1(C)CC3. The molecule has 0 N–H and O–H groups in total. The molecule has 0 saturated heterocycles. The van der Waals surface area contributed by atoms with E-state index in [0.717, 1.165) is 24.2 Å². The Kier molecular flexibility index (Phi) is 8.60. The van der Waals surface area contributed by atoms with Crippen LogP contribution in [0.3, 0.4) is 0 Å². The van der Waals surface area contributed by atoms with Crippen molar-refractivity contribution >= 4 is 15.0 Å². The van der Waals surface area contributed by atoms with Gasteiger partial charge in [-0.1, -0.05) is 93.7 Å². The first-order valence-corrected chi connectivity index (χ1v) is 19.3. The van der Waals surface area contributed by atoms with Gasteiger partial charge in [0.1, 0.15) is 6.10 Å². The lowest BCUT2D eigenvalue weighted by Crippen LogP contribution is -2.55. The van der Waals surface area contributed by atoms with Crippen LogP contribution in [0.5, 0.6) is 0 Å². The van der Waals surface area contributed by atoms with Gasteiger partial charge in [-0.3, -0.25) is 4.79 Å². The number of fused-ring (bicyclic) bond motifs is 4. The molecule has 42 heavy (non-hydrogen) atoms. The highest BCUT2D eigenvalue weighted by Crippen LogP contribution is 2.72. The van der Waals surface area contributed by atoms with Crippen LogP contribution in [0.15, 0.2) is 11.1 Å². The van der Waals surface area contributed by atoms with E-state index >= 15 is 0 Å². The van der Waals surface area contributed by atoms with Crippen molar-refractivity contribution in [2.75, 3.05) is 0 Å². The fourth-order valence-corrected chi connectivity index (χ4v) is 14.7. The molecular weight excluding hydrogens is 533 g/mol. The van der Waals surface area contributed by atoms with Gasteiger partial charge in [-0.2, -0.15) is 0 Å². The van der Waals surface area contributed by atoms with E-state index in [1.165, 1.54) is 64.2 Å². The van der Waals surface area contributed by atoms with Crippen molar-refractivity contribution in [2.24, 2.45) is 45.3 Å². The molecule has 0 aromatic carbocycles. The molecule has 2 unspecified atom stereocenters. The zero-order chi connectivity index (χ0) is 31.0. The molecule has 0 aliphatic heterocycles. The first kappa shape index (κ1) is 32.8. The van der Waals surface area contributed by atoms with E-state index in [1.807, 2.05) is 11.1 Å². The molecule has 0 aromatic heterocycles. The second-order valence-electron chi connectivity index (χ2n) is 18.3. The third-order valence-corrected chi connectivity index (χ3v) is 17.2. The van der Waals surface area contributed by atoms with Gasteiger partial charge >= 0.3 is 5.97 Å². The predicted octanol–water partition coefficient (Wildman–Crippen LogP) is 10.7. The number of allylic oxidation sites excluding steroid dienone is 2. The van der Waals surface area contributed by atoms with Crippen molar-refractivity contribution in [1.82, 2.24) is 0 Å². The lowest BCUT2D eigenvalue weighted by Gasteiger charge is -2.62. The summed E-state index contributed by atoms with van der Waals surface area (Å²) in [4.78, 5) is 11.9. The summed E-state index contributed by atoms with van der Waals surface area (Å²) in [6, 6.07) is 0. The normalized spacial score (nSPS) is 41.8. The van der Waals surface area contributed by atoms with Gasteiger partial charge in [-0.25, -0.2) is 0 Å². The van der Waals surface area contributed by atoms with E-state index in [4.69, 9.17) is 9.16 Å². The summed E-state index contributed by atoms with van der Waals surface area (Å²) in [5.41, 5.74) is 5.42. The van der Waals surface area contributed by atoms with Crippen LogP contribution in [0.2, 0.25) is 10.6 Å². The number of carbonyl (C=O) groups excluding carboxylic acids is 1. The highest BCUT2D eigenvalue weighted by atomic mass is 28.3. The number of carbonyl (C=O) groups is 1. The van der Waals surface area contributed by atoms with Crippen LogP contribution in [-0.2, 0) is 14.0 Å². The smallest absolute Gasteiger partial charge is 0.302 e. The molecule has 0 heterocycles. The Morgan fingerprint density at radius 1 is 0.952 bits per heavy atom. The molecule has 4 heteroatoms. The fraction of sp³-hybridized carbons (Fsp3) is 0.921. The Balaban J connectivity index is 1.27. The molecule has 3 nitrogen and oxygen atoms in total. The zero-order valence-electron chi connectivity index (χ0n) is 29.5. The van der Waals surface area contributed by atoms with Gasteiger partial charge in [0.05, 0.1) is 0 Å². The van der Waals surface area contributed by atoms with Crippen LogP contribution < -0.4 is 0 Å². The van der Waals surface area contributed by atoms with E-state index in [-0.39, 0.29) is 22.9 Å². The van der Waals surface area contributed by atoms with E-state index in [2.05, 4.69) is 76.2 Å². The van der Waals surface area contributed by atoms with Crippen molar-refractivity contribution < 1.29 is 14.0 Å². The molecule has 3 fully saturated rings. The second kappa shape index (κ2) is 11.0. The Bertz CT molecular complexity index is 1070.